The molecule has 0 bridgehead atoms. The normalized spacial score (nSPS) is 18.4. The highest BCUT2D eigenvalue weighted by molar-refractivity contribution is 4.91. The van der Waals surface area contributed by atoms with E-state index in [-0.39, 0.29) is 5.60 Å². The molecule has 0 aliphatic carbocycles. The van der Waals surface area contributed by atoms with E-state index >= 15 is 0 Å². The first-order chi connectivity index (χ1) is 8.09. The van der Waals surface area contributed by atoms with E-state index in [0.717, 1.165) is 38.6 Å². The van der Waals surface area contributed by atoms with Crippen molar-refractivity contribution in [3.8, 4) is 0 Å². The standard InChI is InChI=1S/C12H22N4O/c1-12(9-13-10-12)17-7-6-15(2)8-11-14-4-5-16(11)3/h4-5,13H,6-10H2,1-3H3. The predicted octanol–water partition coefficient (Wildman–Crippen LogP) is 0.230. The second-order valence-corrected chi connectivity index (χ2v) is 5.09. The van der Waals surface area contributed by atoms with Gasteiger partial charge in [0, 0.05) is 39.1 Å². The first-order valence-corrected chi connectivity index (χ1v) is 6.08. The molecule has 0 unspecified atom stereocenters. The lowest BCUT2D eigenvalue weighted by molar-refractivity contribution is -0.0713. The first kappa shape index (κ1) is 12.5. The second kappa shape index (κ2) is 5.16. The quantitative estimate of drug-likeness (QED) is 0.770. The molecule has 1 aliphatic rings. The summed E-state index contributed by atoms with van der Waals surface area (Å²) in [6, 6.07) is 0. The lowest BCUT2D eigenvalue weighted by atomic mass is 10.0. The van der Waals surface area contributed by atoms with Crippen LogP contribution in [0, 0.1) is 0 Å². The summed E-state index contributed by atoms with van der Waals surface area (Å²) in [5.41, 5.74) is 0.0596. The highest BCUT2D eigenvalue weighted by atomic mass is 16.5. The number of hydrogen-bond donors (Lipinski definition) is 1. The molecule has 0 aromatic carbocycles. The summed E-state index contributed by atoms with van der Waals surface area (Å²) in [5, 5.41) is 3.23. The van der Waals surface area contributed by atoms with Gasteiger partial charge in [-0.3, -0.25) is 4.90 Å². The maximum atomic E-state index is 5.85. The Labute approximate surface area is 103 Å². The maximum Gasteiger partial charge on any atom is 0.122 e. The zero-order valence-corrected chi connectivity index (χ0v) is 10.9. The molecule has 1 saturated heterocycles. The Morgan fingerprint density at radius 1 is 1.59 bits per heavy atom. The van der Waals surface area contributed by atoms with Crippen molar-refractivity contribution >= 4 is 0 Å². The van der Waals surface area contributed by atoms with Crippen molar-refractivity contribution in [1.29, 1.82) is 0 Å². The van der Waals surface area contributed by atoms with E-state index in [4.69, 9.17) is 4.74 Å². The molecule has 5 heteroatoms. The molecule has 1 N–H and O–H groups in total. The predicted molar refractivity (Wildman–Crippen MR) is 66.8 cm³/mol. The topological polar surface area (TPSA) is 42.3 Å². The van der Waals surface area contributed by atoms with Gasteiger partial charge in [0.1, 0.15) is 5.82 Å². The highest BCUT2D eigenvalue weighted by Crippen LogP contribution is 2.14. The summed E-state index contributed by atoms with van der Waals surface area (Å²) in [7, 11) is 4.12. The molecule has 0 amide bonds. The Bertz CT molecular complexity index is 359. The number of aromatic nitrogens is 2. The smallest absolute Gasteiger partial charge is 0.122 e. The number of likely N-dealkylation sites (N-methyl/N-ethyl adjacent to an activating group) is 1. The van der Waals surface area contributed by atoms with Crippen molar-refractivity contribution in [2.24, 2.45) is 7.05 Å². The van der Waals surface area contributed by atoms with Gasteiger partial charge >= 0.3 is 0 Å². The lowest BCUT2D eigenvalue weighted by Gasteiger charge is -2.39. The van der Waals surface area contributed by atoms with Gasteiger partial charge in [-0.1, -0.05) is 0 Å². The third kappa shape index (κ3) is 3.28. The molecule has 1 fully saturated rings. The Balaban J connectivity index is 1.67. The van der Waals surface area contributed by atoms with Crippen molar-refractivity contribution in [2.45, 2.75) is 19.1 Å². The van der Waals surface area contributed by atoms with Gasteiger partial charge in [-0.05, 0) is 14.0 Å². The summed E-state index contributed by atoms with van der Waals surface area (Å²) in [4.78, 5) is 6.54. The average molecular weight is 238 g/mol. The zero-order chi connectivity index (χ0) is 12.3. The minimum atomic E-state index is 0.0596. The van der Waals surface area contributed by atoms with E-state index in [1.165, 1.54) is 0 Å². The van der Waals surface area contributed by atoms with Crippen LogP contribution in [-0.4, -0.2) is 53.3 Å². The number of nitrogens with one attached hydrogen (secondary N) is 1. The zero-order valence-electron chi connectivity index (χ0n) is 10.9. The van der Waals surface area contributed by atoms with Crippen LogP contribution in [-0.2, 0) is 18.3 Å². The van der Waals surface area contributed by atoms with Gasteiger partial charge < -0.3 is 14.6 Å². The van der Waals surface area contributed by atoms with Crippen molar-refractivity contribution in [2.75, 3.05) is 33.3 Å². The second-order valence-electron chi connectivity index (χ2n) is 5.09. The third-order valence-electron chi connectivity index (χ3n) is 3.25. The van der Waals surface area contributed by atoms with Crippen LogP contribution in [0.2, 0.25) is 0 Å². The number of aryl methyl sites for hydroxylation is 1. The largest absolute Gasteiger partial charge is 0.371 e. The van der Waals surface area contributed by atoms with E-state index in [1.807, 2.05) is 19.4 Å². The summed E-state index contributed by atoms with van der Waals surface area (Å²) >= 11 is 0. The van der Waals surface area contributed by atoms with Crippen molar-refractivity contribution in [3.63, 3.8) is 0 Å². The fourth-order valence-corrected chi connectivity index (χ4v) is 1.90. The monoisotopic (exact) mass is 238 g/mol. The van der Waals surface area contributed by atoms with Crippen molar-refractivity contribution in [1.82, 2.24) is 19.8 Å². The van der Waals surface area contributed by atoms with E-state index in [0.29, 0.717) is 0 Å². The van der Waals surface area contributed by atoms with Crippen LogP contribution in [0.5, 0.6) is 0 Å². The van der Waals surface area contributed by atoms with Crippen molar-refractivity contribution in [3.05, 3.63) is 18.2 Å². The first-order valence-electron chi connectivity index (χ1n) is 6.08. The maximum absolute atomic E-state index is 5.85. The SMILES string of the molecule is CN(CCOC1(C)CNC1)Cc1nccn1C. The molecular weight excluding hydrogens is 216 g/mol. The minimum absolute atomic E-state index is 0.0596. The van der Waals surface area contributed by atoms with Gasteiger partial charge in [-0.15, -0.1) is 0 Å². The van der Waals surface area contributed by atoms with Crippen LogP contribution >= 0.6 is 0 Å². The molecule has 2 heterocycles. The Morgan fingerprint density at radius 2 is 2.35 bits per heavy atom. The molecule has 0 spiro atoms. The van der Waals surface area contributed by atoms with Gasteiger partial charge in [-0.25, -0.2) is 4.98 Å². The lowest BCUT2D eigenvalue weighted by Crippen LogP contribution is -2.59. The van der Waals surface area contributed by atoms with Crippen LogP contribution in [0.15, 0.2) is 12.4 Å². The fraction of sp³-hybridized carbons (Fsp3) is 0.750. The average Bonchev–Trinajstić information content (AvgIpc) is 2.62. The molecule has 2 rings (SSSR count). The minimum Gasteiger partial charge on any atom is -0.371 e. The number of ether oxygens (including phenoxy) is 1. The van der Waals surface area contributed by atoms with Crippen molar-refractivity contribution < 1.29 is 4.74 Å². The molecule has 17 heavy (non-hydrogen) atoms. The summed E-state index contributed by atoms with van der Waals surface area (Å²) in [6.07, 6.45) is 3.81. The molecule has 5 nitrogen and oxygen atoms in total. The summed E-state index contributed by atoms with van der Waals surface area (Å²) in [5.74, 6) is 1.09. The van der Waals surface area contributed by atoms with Crippen LogP contribution in [0.25, 0.3) is 0 Å². The van der Waals surface area contributed by atoms with Crippen LogP contribution < -0.4 is 5.32 Å². The number of imidazole rings is 1. The molecule has 1 aromatic heterocycles. The van der Waals surface area contributed by atoms with Gasteiger partial charge in [-0.2, -0.15) is 0 Å². The number of hydrogen-bond acceptors (Lipinski definition) is 4. The van der Waals surface area contributed by atoms with Gasteiger partial charge in [0.2, 0.25) is 0 Å². The van der Waals surface area contributed by atoms with Crippen LogP contribution in [0.3, 0.4) is 0 Å². The molecule has 0 atom stereocenters. The van der Waals surface area contributed by atoms with E-state index in [1.54, 1.807) is 0 Å². The van der Waals surface area contributed by atoms with E-state index < -0.39 is 0 Å². The fourth-order valence-electron chi connectivity index (χ4n) is 1.90. The Kier molecular flexibility index (Phi) is 3.81. The number of nitrogens with zero attached hydrogens (tertiary/aromatic N) is 3. The van der Waals surface area contributed by atoms with Gasteiger partial charge in [0.25, 0.3) is 0 Å². The molecule has 96 valence electrons. The molecule has 1 aliphatic heterocycles. The third-order valence-corrected chi connectivity index (χ3v) is 3.25. The van der Waals surface area contributed by atoms with Crippen LogP contribution in [0.4, 0.5) is 0 Å². The van der Waals surface area contributed by atoms with Crippen LogP contribution in [0.1, 0.15) is 12.7 Å². The molecule has 0 radical (unpaired) electrons. The summed E-state index contributed by atoms with van der Waals surface area (Å²) < 4.78 is 7.90. The summed E-state index contributed by atoms with van der Waals surface area (Å²) in [6.45, 7) is 6.66. The van der Waals surface area contributed by atoms with E-state index in [2.05, 4.69) is 33.7 Å². The Morgan fingerprint density at radius 3 is 2.88 bits per heavy atom. The van der Waals surface area contributed by atoms with Gasteiger partial charge in [0.15, 0.2) is 0 Å². The van der Waals surface area contributed by atoms with E-state index in [9.17, 15) is 0 Å². The van der Waals surface area contributed by atoms with Gasteiger partial charge in [0.05, 0.1) is 18.8 Å². The number of rotatable bonds is 6. The Hall–Kier alpha value is -0.910. The molecule has 0 saturated carbocycles. The molecular formula is C12H22N4O. The highest BCUT2D eigenvalue weighted by Gasteiger charge is 2.32. The molecule has 1 aromatic rings.